The molecule has 0 aliphatic rings. The van der Waals surface area contributed by atoms with Gasteiger partial charge in [0.15, 0.2) is 0 Å². The minimum atomic E-state index is 0.719. The van der Waals surface area contributed by atoms with E-state index in [2.05, 4.69) is 31.3 Å². The van der Waals surface area contributed by atoms with Crippen LogP contribution in [0.25, 0.3) is 0 Å². The van der Waals surface area contributed by atoms with E-state index in [-0.39, 0.29) is 0 Å². The molecule has 2 heteroatoms. The molecule has 78 valence electrons. The average Bonchev–Trinajstić information content (AvgIpc) is 2.24. The third kappa shape index (κ3) is 4.44. The van der Waals surface area contributed by atoms with Gasteiger partial charge >= 0.3 is 0 Å². The molecule has 0 unspecified atom stereocenters. The highest BCUT2D eigenvalue weighted by Crippen LogP contribution is 2.03. The molecule has 0 saturated carbocycles. The van der Waals surface area contributed by atoms with Crippen LogP contribution in [-0.2, 0) is 6.54 Å². The van der Waals surface area contributed by atoms with Crippen LogP contribution >= 0.6 is 0 Å². The van der Waals surface area contributed by atoms with E-state index in [1.165, 1.54) is 5.57 Å². The normalized spacial score (nSPS) is 9.40. The first-order chi connectivity index (χ1) is 7.22. The van der Waals surface area contributed by atoms with Gasteiger partial charge in [-0.25, -0.2) is 0 Å². The van der Waals surface area contributed by atoms with Crippen molar-refractivity contribution in [3.05, 3.63) is 47.0 Å². The zero-order valence-corrected chi connectivity index (χ0v) is 9.25. The van der Waals surface area contributed by atoms with Crippen LogP contribution in [0.2, 0.25) is 0 Å². The minimum absolute atomic E-state index is 0.719. The van der Waals surface area contributed by atoms with Crippen molar-refractivity contribution >= 4 is 0 Å². The molecule has 0 amide bonds. The Kier molecular flexibility index (Phi) is 4.59. The second-order valence-corrected chi connectivity index (χ2v) is 3.72. The third-order valence-electron chi connectivity index (χ3n) is 2.04. The first kappa shape index (κ1) is 11.5. The number of hydrogen-bond acceptors (Lipinski definition) is 2. The van der Waals surface area contributed by atoms with E-state index in [0.717, 1.165) is 24.2 Å². The summed E-state index contributed by atoms with van der Waals surface area (Å²) in [7, 11) is 0. The zero-order valence-electron chi connectivity index (χ0n) is 9.25. The lowest BCUT2D eigenvalue weighted by Gasteiger charge is -2.02. The molecule has 1 aromatic rings. The molecular formula is C13H16N2. The average molecular weight is 200 g/mol. The van der Waals surface area contributed by atoms with E-state index < -0.39 is 0 Å². The topological polar surface area (TPSA) is 35.8 Å². The fraction of sp³-hybridized carbons (Fsp3) is 0.308. The van der Waals surface area contributed by atoms with Gasteiger partial charge in [0.25, 0.3) is 0 Å². The largest absolute Gasteiger partial charge is 0.309 e. The molecule has 0 atom stereocenters. The number of benzene rings is 1. The summed E-state index contributed by atoms with van der Waals surface area (Å²) in [4.78, 5) is 0. The van der Waals surface area contributed by atoms with E-state index in [4.69, 9.17) is 5.26 Å². The van der Waals surface area contributed by atoms with Crippen molar-refractivity contribution in [1.29, 1.82) is 5.26 Å². The van der Waals surface area contributed by atoms with Crippen molar-refractivity contribution in [3.8, 4) is 6.07 Å². The lowest BCUT2D eigenvalue weighted by molar-refractivity contribution is 0.757. The molecule has 0 fully saturated rings. The van der Waals surface area contributed by atoms with Gasteiger partial charge in [0, 0.05) is 13.1 Å². The van der Waals surface area contributed by atoms with Crippen molar-refractivity contribution in [3.63, 3.8) is 0 Å². The Morgan fingerprint density at radius 3 is 2.93 bits per heavy atom. The summed E-state index contributed by atoms with van der Waals surface area (Å²) < 4.78 is 0. The van der Waals surface area contributed by atoms with Crippen LogP contribution < -0.4 is 5.32 Å². The van der Waals surface area contributed by atoms with E-state index in [1.807, 2.05) is 24.3 Å². The molecule has 0 radical (unpaired) electrons. The van der Waals surface area contributed by atoms with Crippen molar-refractivity contribution in [1.82, 2.24) is 5.32 Å². The molecule has 0 heterocycles. The smallest absolute Gasteiger partial charge is 0.0991 e. The Labute approximate surface area is 91.2 Å². The summed E-state index contributed by atoms with van der Waals surface area (Å²) in [5, 5.41) is 12.0. The van der Waals surface area contributed by atoms with E-state index in [1.54, 1.807) is 0 Å². The van der Waals surface area contributed by atoms with Crippen LogP contribution in [0, 0.1) is 11.3 Å². The summed E-state index contributed by atoms with van der Waals surface area (Å²) in [6.07, 6.45) is 2.15. The summed E-state index contributed by atoms with van der Waals surface area (Å²) in [6.45, 7) is 5.84. The highest BCUT2D eigenvalue weighted by atomic mass is 14.8. The summed E-state index contributed by atoms with van der Waals surface area (Å²) in [6, 6.07) is 9.80. The highest BCUT2D eigenvalue weighted by Gasteiger charge is 1.93. The maximum atomic E-state index is 8.73. The van der Waals surface area contributed by atoms with E-state index in [9.17, 15) is 0 Å². The molecule has 0 aromatic heterocycles. The zero-order chi connectivity index (χ0) is 11.1. The number of nitrogens with zero attached hydrogens (tertiary/aromatic N) is 1. The molecule has 1 N–H and O–H groups in total. The molecule has 2 nitrogen and oxygen atoms in total. The van der Waals surface area contributed by atoms with E-state index >= 15 is 0 Å². The second kappa shape index (κ2) is 6.00. The Bertz CT molecular complexity index is 382. The highest BCUT2D eigenvalue weighted by molar-refractivity contribution is 5.32. The van der Waals surface area contributed by atoms with Crippen LogP contribution in [-0.4, -0.2) is 6.54 Å². The molecule has 0 bridgehead atoms. The number of nitriles is 1. The van der Waals surface area contributed by atoms with Crippen molar-refractivity contribution < 1.29 is 0 Å². The number of allylic oxidation sites excluding steroid dienone is 1. The van der Waals surface area contributed by atoms with Gasteiger partial charge in [-0.2, -0.15) is 5.26 Å². The standard InChI is InChI=1S/C13H16N2/c1-11(2)6-7-15-10-13-5-3-4-12(8-13)9-14/h3-6,8,15H,7,10H2,1-2H3. The molecule has 0 aliphatic carbocycles. The fourth-order valence-electron chi connectivity index (χ4n) is 1.24. The number of hydrogen-bond donors (Lipinski definition) is 1. The van der Waals surface area contributed by atoms with Crippen LogP contribution in [0.1, 0.15) is 25.0 Å². The Hall–Kier alpha value is -1.59. The van der Waals surface area contributed by atoms with Gasteiger partial charge in [0.2, 0.25) is 0 Å². The Morgan fingerprint density at radius 2 is 2.27 bits per heavy atom. The van der Waals surface area contributed by atoms with Crippen LogP contribution in [0.15, 0.2) is 35.9 Å². The van der Waals surface area contributed by atoms with E-state index in [0.29, 0.717) is 0 Å². The third-order valence-corrected chi connectivity index (χ3v) is 2.04. The van der Waals surface area contributed by atoms with Gasteiger partial charge in [0.1, 0.15) is 0 Å². The fourth-order valence-corrected chi connectivity index (χ4v) is 1.24. The lowest BCUT2D eigenvalue weighted by atomic mass is 10.1. The van der Waals surface area contributed by atoms with Crippen LogP contribution in [0.4, 0.5) is 0 Å². The molecule has 1 aromatic carbocycles. The minimum Gasteiger partial charge on any atom is -0.309 e. The summed E-state index contributed by atoms with van der Waals surface area (Å²) >= 11 is 0. The van der Waals surface area contributed by atoms with Crippen molar-refractivity contribution in [2.24, 2.45) is 0 Å². The first-order valence-corrected chi connectivity index (χ1v) is 5.05. The predicted molar refractivity (Wildman–Crippen MR) is 62.3 cm³/mol. The first-order valence-electron chi connectivity index (χ1n) is 5.05. The number of nitrogens with one attached hydrogen (secondary N) is 1. The summed E-state index contributed by atoms with van der Waals surface area (Å²) in [5.41, 5.74) is 3.18. The molecular weight excluding hydrogens is 184 g/mol. The quantitative estimate of drug-likeness (QED) is 0.599. The molecule has 0 aliphatic heterocycles. The van der Waals surface area contributed by atoms with Crippen molar-refractivity contribution in [2.45, 2.75) is 20.4 Å². The van der Waals surface area contributed by atoms with Gasteiger partial charge in [-0.1, -0.05) is 23.8 Å². The van der Waals surface area contributed by atoms with Gasteiger partial charge < -0.3 is 5.32 Å². The Morgan fingerprint density at radius 1 is 1.47 bits per heavy atom. The second-order valence-electron chi connectivity index (χ2n) is 3.72. The maximum absolute atomic E-state index is 8.73. The van der Waals surface area contributed by atoms with Gasteiger partial charge in [-0.15, -0.1) is 0 Å². The monoisotopic (exact) mass is 200 g/mol. The van der Waals surface area contributed by atoms with Gasteiger partial charge in [0.05, 0.1) is 11.6 Å². The lowest BCUT2D eigenvalue weighted by Crippen LogP contribution is -2.13. The molecule has 1 rings (SSSR count). The SMILES string of the molecule is CC(C)=CCNCc1cccc(C#N)c1. The van der Waals surface area contributed by atoms with Crippen LogP contribution in [0.5, 0.6) is 0 Å². The van der Waals surface area contributed by atoms with Gasteiger partial charge in [-0.05, 0) is 31.5 Å². The molecule has 0 spiro atoms. The number of rotatable bonds is 4. The predicted octanol–water partition coefficient (Wildman–Crippen LogP) is 2.61. The summed E-state index contributed by atoms with van der Waals surface area (Å²) in [5.74, 6) is 0. The molecule has 15 heavy (non-hydrogen) atoms. The molecule has 0 saturated heterocycles. The van der Waals surface area contributed by atoms with Crippen LogP contribution in [0.3, 0.4) is 0 Å². The van der Waals surface area contributed by atoms with Gasteiger partial charge in [-0.3, -0.25) is 0 Å². The maximum Gasteiger partial charge on any atom is 0.0991 e. The Balaban J connectivity index is 2.44. The van der Waals surface area contributed by atoms with Crippen molar-refractivity contribution in [2.75, 3.05) is 6.54 Å².